The van der Waals surface area contributed by atoms with Crippen molar-refractivity contribution >= 4 is 55.2 Å². The number of hydrogen-bond donors (Lipinski definition) is 2. The van der Waals surface area contributed by atoms with Crippen molar-refractivity contribution in [3.63, 3.8) is 0 Å². The summed E-state index contributed by atoms with van der Waals surface area (Å²) in [4.78, 5) is 12.2. The largest absolute Gasteiger partial charge is 0.336 e. The van der Waals surface area contributed by atoms with Crippen molar-refractivity contribution in [2.45, 2.75) is 38.3 Å². The van der Waals surface area contributed by atoms with Crippen LogP contribution in [0.1, 0.15) is 32.2 Å². The number of nitrogens with zero attached hydrogens (tertiary/aromatic N) is 3. The van der Waals surface area contributed by atoms with Gasteiger partial charge in [-0.15, -0.1) is 10.2 Å². The Morgan fingerprint density at radius 2 is 1.88 bits per heavy atom. The standard InChI is InChI=1S/C15H19Br2N5OS/c1-8-5-9(16)12(10(17)6-8)19-11(23)7-24-14-21-20-13(22(14)18)15(2,3)4/h5-6H,7,18H2,1-4H3,(H,19,23). The molecule has 1 aromatic carbocycles. The van der Waals surface area contributed by atoms with E-state index >= 15 is 0 Å². The van der Waals surface area contributed by atoms with Crippen molar-refractivity contribution in [1.82, 2.24) is 14.9 Å². The third kappa shape index (κ3) is 4.52. The number of aromatic nitrogens is 3. The van der Waals surface area contributed by atoms with Crippen molar-refractivity contribution in [2.24, 2.45) is 0 Å². The molecular formula is C15H19Br2N5OS. The van der Waals surface area contributed by atoms with Gasteiger partial charge in [-0.05, 0) is 56.5 Å². The molecule has 1 heterocycles. The summed E-state index contributed by atoms with van der Waals surface area (Å²) >= 11 is 8.17. The van der Waals surface area contributed by atoms with Crippen LogP contribution < -0.4 is 11.2 Å². The topological polar surface area (TPSA) is 85.8 Å². The highest BCUT2D eigenvalue weighted by atomic mass is 79.9. The lowest BCUT2D eigenvalue weighted by atomic mass is 9.96. The molecule has 9 heteroatoms. The minimum absolute atomic E-state index is 0.148. The third-order valence-corrected chi connectivity index (χ3v) is 5.31. The van der Waals surface area contributed by atoms with Crippen LogP contribution in [0.4, 0.5) is 5.69 Å². The summed E-state index contributed by atoms with van der Waals surface area (Å²) in [6.07, 6.45) is 0. The van der Waals surface area contributed by atoms with Crippen LogP contribution >= 0.6 is 43.6 Å². The Kier molecular flexibility index (Phi) is 5.98. The smallest absolute Gasteiger partial charge is 0.234 e. The number of nitrogens with one attached hydrogen (secondary N) is 1. The van der Waals surface area contributed by atoms with Gasteiger partial charge in [-0.25, -0.2) is 4.68 Å². The highest BCUT2D eigenvalue weighted by Gasteiger charge is 2.23. The first-order chi connectivity index (χ1) is 11.1. The van der Waals surface area contributed by atoms with Gasteiger partial charge >= 0.3 is 0 Å². The molecule has 0 saturated carbocycles. The number of carbonyl (C=O) groups excluding carboxylic acids is 1. The van der Waals surface area contributed by atoms with E-state index in [4.69, 9.17) is 5.84 Å². The number of rotatable bonds is 4. The number of aryl methyl sites for hydroxylation is 1. The molecule has 0 aliphatic rings. The molecule has 0 fully saturated rings. The van der Waals surface area contributed by atoms with Gasteiger partial charge in [-0.2, -0.15) is 0 Å². The summed E-state index contributed by atoms with van der Waals surface area (Å²) in [6, 6.07) is 3.89. The van der Waals surface area contributed by atoms with Crippen LogP contribution in [0.5, 0.6) is 0 Å². The molecular weight excluding hydrogens is 458 g/mol. The first-order valence-corrected chi connectivity index (χ1v) is 9.76. The molecule has 0 aliphatic heterocycles. The van der Waals surface area contributed by atoms with Gasteiger partial charge in [0.05, 0.1) is 11.4 Å². The van der Waals surface area contributed by atoms with E-state index in [9.17, 15) is 4.79 Å². The van der Waals surface area contributed by atoms with Crippen molar-refractivity contribution in [3.05, 3.63) is 32.5 Å². The molecule has 1 aromatic heterocycles. The maximum absolute atomic E-state index is 12.2. The molecule has 0 bridgehead atoms. The number of thioether (sulfide) groups is 1. The van der Waals surface area contributed by atoms with Crippen LogP contribution in [0.15, 0.2) is 26.2 Å². The third-order valence-electron chi connectivity index (χ3n) is 3.12. The quantitative estimate of drug-likeness (QED) is 0.516. The van der Waals surface area contributed by atoms with E-state index < -0.39 is 0 Å². The second-order valence-electron chi connectivity index (χ2n) is 6.37. The number of nitrogen functional groups attached to an aromatic ring is 1. The first-order valence-electron chi connectivity index (χ1n) is 7.19. The van der Waals surface area contributed by atoms with Crippen LogP contribution in [-0.2, 0) is 10.2 Å². The van der Waals surface area contributed by atoms with E-state index in [2.05, 4.69) is 47.4 Å². The number of hydrogen-bond acceptors (Lipinski definition) is 5. The van der Waals surface area contributed by atoms with Gasteiger partial charge in [0.25, 0.3) is 0 Å². The second kappa shape index (κ2) is 7.45. The summed E-state index contributed by atoms with van der Waals surface area (Å²) in [5.74, 6) is 6.73. The van der Waals surface area contributed by atoms with Crippen LogP contribution in [0.2, 0.25) is 0 Å². The first kappa shape index (κ1) is 19.3. The summed E-state index contributed by atoms with van der Waals surface area (Å²) in [6.45, 7) is 8.01. The minimum atomic E-state index is -0.208. The Bertz CT molecular complexity index is 747. The number of halogens is 2. The Hall–Kier alpha value is -1.06. The van der Waals surface area contributed by atoms with E-state index in [1.807, 2.05) is 39.8 Å². The number of anilines is 1. The van der Waals surface area contributed by atoms with E-state index in [0.29, 0.717) is 16.7 Å². The monoisotopic (exact) mass is 475 g/mol. The fourth-order valence-electron chi connectivity index (χ4n) is 2.01. The zero-order valence-electron chi connectivity index (χ0n) is 13.9. The van der Waals surface area contributed by atoms with Gasteiger partial charge in [0.1, 0.15) is 0 Å². The zero-order valence-corrected chi connectivity index (χ0v) is 17.8. The Labute approximate surface area is 162 Å². The van der Waals surface area contributed by atoms with Crippen LogP contribution in [-0.4, -0.2) is 26.5 Å². The highest BCUT2D eigenvalue weighted by Crippen LogP contribution is 2.32. The summed E-state index contributed by atoms with van der Waals surface area (Å²) in [7, 11) is 0. The van der Waals surface area contributed by atoms with Gasteiger partial charge in [0, 0.05) is 14.4 Å². The number of nitrogens with two attached hydrogens (primary N) is 1. The minimum Gasteiger partial charge on any atom is -0.336 e. The fourth-order valence-corrected chi connectivity index (χ4v) is 4.28. The molecule has 0 aliphatic carbocycles. The molecule has 6 nitrogen and oxygen atoms in total. The predicted octanol–water partition coefficient (Wildman–Crippen LogP) is 3.85. The van der Waals surface area contributed by atoms with Crippen molar-refractivity contribution in [1.29, 1.82) is 0 Å². The molecule has 0 saturated heterocycles. The van der Waals surface area contributed by atoms with Crippen molar-refractivity contribution < 1.29 is 4.79 Å². The summed E-state index contributed by atoms with van der Waals surface area (Å²) in [5.41, 5.74) is 1.59. The molecule has 0 spiro atoms. The molecule has 1 amide bonds. The van der Waals surface area contributed by atoms with E-state index in [-0.39, 0.29) is 17.1 Å². The van der Waals surface area contributed by atoms with E-state index in [0.717, 1.165) is 14.5 Å². The lowest BCUT2D eigenvalue weighted by molar-refractivity contribution is -0.113. The second-order valence-corrected chi connectivity index (χ2v) is 9.02. The Morgan fingerprint density at radius 1 is 1.29 bits per heavy atom. The average Bonchev–Trinajstić information content (AvgIpc) is 2.81. The fraction of sp³-hybridized carbons (Fsp3) is 0.400. The molecule has 0 atom stereocenters. The lowest BCUT2D eigenvalue weighted by Crippen LogP contribution is -2.24. The number of amides is 1. The zero-order chi connectivity index (χ0) is 18.1. The predicted molar refractivity (Wildman–Crippen MR) is 105 cm³/mol. The van der Waals surface area contributed by atoms with E-state index in [1.165, 1.54) is 16.4 Å². The summed E-state index contributed by atoms with van der Waals surface area (Å²) < 4.78 is 3.09. The van der Waals surface area contributed by atoms with Crippen molar-refractivity contribution in [2.75, 3.05) is 16.9 Å². The van der Waals surface area contributed by atoms with Gasteiger partial charge < -0.3 is 11.2 Å². The SMILES string of the molecule is Cc1cc(Br)c(NC(=O)CSc2nnc(C(C)(C)C)n2N)c(Br)c1. The maximum Gasteiger partial charge on any atom is 0.234 e. The van der Waals surface area contributed by atoms with Crippen LogP contribution in [0, 0.1) is 6.92 Å². The van der Waals surface area contributed by atoms with Crippen LogP contribution in [0.3, 0.4) is 0 Å². The normalized spacial score (nSPS) is 11.6. The molecule has 2 rings (SSSR count). The van der Waals surface area contributed by atoms with Gasteiger partial charge in [-0.1, -0.05) is 32.5 Å². The highest BCUT2D eigenvalue weighted by molar-refractivity contribution is 9.11. The van der Waals surface area contributed by atoms with Crippen molar-refractivity contribution in [3.8, 4) is 0 Å². The molecule has 2 aromatic rings. The number of carbonyl (C=O) groups is 1. The maximum atomic E-state index is 12.2. The van der Waals surface area contributed by atoms with Gasteiger partial charge in [0.2, 0.25) is 11.1 Å². The Morgan fingerprint density at radius 3 is 2.38 bits per heavy atom. The molecule has 0 radical (unpaired) electrons. The Balaban J connectivity index is 2.04. The van der Waals surface area contributed by atoms with Crippen LogP contribution in [0.25, 0.3) is 0 Å². The average molecular weight is 477 g/mol. The lowest BCUT2D eigenvalue weighted by Gasteiger charge is -2.16. The van der Waals surface area contributed by atoms with Gasteiger partial charge in [0.15, 0.2) is 5.82 Å². The number of benzene rings is 1. The summed E-state index contributed by atoms with van der Waals surface area (Å²) in [5, 5.41) is 11.6. The molecule has 3 N–H and O–H groups in total. The van der Waals surface area contributed by atoms with Gasteiger partial charge in [-0.3, -0.25) is 4.79 Å². The van der Waals surface area contributed by atoms with E-state index in [1.54, 1.807) is 0 Å². The molecule has 0 unspecified atom stereocenters. The molecule has 24 heavy (non-hydrogen) atoms. The molecule has 130 valence electrons.